The first-order valence-electron chi connectivity index (χ1n) is 15.4. The maximum atomic E-state index is 14.4. The number of allylic oxidation sites excluding steroid dienone is 1. The van der Waals surface area contributed by atoms with Crippen LogP contribution in [0.1, 0.15) is 89.7 Å². The number of fused-ring (bicyclic) bond motifs is 3. The molecule has 1 spiro atoms. The lowest BCUT2D eigenvalue weighted by molar-refractivity contribution is -0.307. The number of rotatable bonds is 5. The fraction of sp³-hybridized carbons (Fsp3) is 0.583. The predicted octanol–water partition coefficient (Wildman–Crippen LogP) is 8.50. The molecule has 0 N–H and O–H groups in total. The Bertz CT molecular complexity index is 1190. The molecule has 38 heavy (non-hydrogen) atoms. The zero-order valence-corrected chi connectivity index (χ0v) is 23.5. The second-order valence-electron chi connectivity index (χ2n) is 14.0. The van der Waals surface area contributed by atoms with Crippen molar-refractivity contribution in [3.8, 4) is 0 Å². The van der Waals surface area contributed by atoms with Crippen LogP contribution in [0.15, 0.2) is 66.7 Å². The van der Waals surface area contributed by atoms with Crippen LogP contribution >= 0.6 is 0 Å². The van der Waals surface area contributed by atoms with Gasteiger partial charge in [-0.1, -0.05) is 87.5 Å². The van der Waals surface area contributed by atoms with Gasteiger partial charge < -0.3 is 4.74 Å². The molecule has 200 valence electrons. The smallest absolute Gasteiger partial charge is 0.166 e. The van der Waals surface area contributed by atoms with E-state index in [0.29, 0.717) is 41.5 Å². The summed E-state index contributed by atoms with van der Waals surface area (Å²) in [5.41, 5.74) is 3.58. The van der Waals surface area contributed by atoms with Crippen molar-refractivity contribution in [1.82, 2.24) is 0 Å². The lowest BCUT2D eigenvalue weighted by atomic mass is 9.40. The fourth-order valence-electron chi connectivity index (χ4n) is 10.7. The maximum absolute atomic E-state index is 14.4. The van der Waals surface area contributed by atoms with E-state index in [1.165, 1.54) is 55.2 Å². The summed E-state index contributed by atoms with van der Waals surface area (Å²) in [6.07, 6.45) is 13.2. The number of benzene rings is 2. The number of hydrogen-bond donors (Lipinski definition) is 0. The Kier molecular flexibility index (Phi) is 5.82. The van der Waals surface area contributed by atoms with Crippen LogP contribution < -0.4 is 0 Å². The number of ether oxygens (including phenoxy) is 1. The summed E-state index contributed by atoms with van der Waals surface area (Å²) in [5, 5.41) is 0. The molecule has 0 amide bonds. The number of ketones is 1. The standard InChI is InChI=1S/C36H44O2/c1-24(14-16-29(25-10-6-4-7-11-25)26-12-8-5-9-13-26)30-18-19-31-32-17-15-27-22-28-20-21-35(27,3)36(32,38-28)33(37)23-34(30,31)2/h4-13,16,24,27-28,30-32H,14-15,17-23H2,1-3H3/t24-,27-,28+,30+,31+,32?,34+,35-,36-/m0/s1. The zero-order valence-electron chi connectivity index (χ0n) is 23.5. The second kappa shape index (κ2) is 8.91. The van der Waals surface area contributed by atoms with Crippen LogP contribution in [0, 0.1) is 40.4 Å². The van der Waals surface area contributed by atoms with E-state index in [4.69, 9.17) is 4.74 Å². The molecule has 9 atom stereocenters. The number of Topliss-reactive ketones (excluding diaryl/α,β-unsaturated/α-hetero) is 1. The van der Waals surface area contributed by atoms with Crippen molar-refractivity contribution in [2.75, 3.05) is 0 Å². The molecular weight excluding hydrogens is 464 g/mol. The Morgan fingerprint density at radius 2 is 1.58 bits per heavy atom. The molecule has 6 aliphatic rings. The van der Waals surface area contributed by atoms with Gasteiger partial charge in [0.05, 0.1) is 6.10 Å². The lowest BCUT2D eigenvalue weighted by Gasteiger charge is -2.70. The summed E-state index contributed by atoms with van der Waals surface area (Å²) in [7, 11) is 0. The highest BCUT2D eigenvalue weighted by Gasteiger charge is 2.74. The Morgan fingerprint density at radius 1 is 0.921 bits per heavy atom. The average molecular weight is 509 g/mol. The van der Waals surface area contributed by atoms with E-state index >= 15 is 0 Å². The average Bonchev–Trinajstić information content (AvgIpc) is 3.26. The topological polar surface area (TPSA) is 26.3 Å². The first kappa shape index (κ1) is 24.8. The molecule has 1 unspecified atom stereocenters. The first-order chi connectivity index (χ1) is 18.4. The third-order valence-corrected chi connectivity index (χ3v) is 12.5. The molecule has 2 heteroatoms. The van der Waals surface area contributed by atoms with Gasteiger partial charge in [-0.25, -0.2) is 0 Å². The van der Waals surface area contributed by atoms with Crippen LogP contribution in [0.3, 0.4) is 0 Å². The van der Waals surface area contributed by atoms with Crippen molar-refractivity contribution < 1.29 is 9.53 Å². The molecule has 2 saturated heterocycles. The van der Waals surface area contributed by atoms with Crippen molar-refractivity contribution in [3.05, 3.63) is 77.9 Å². The summed E-state index contributed by atoms with van der Waals surface area (Å²) in [5.74, 6) is 3.34. The maximum Gasteiger partial charge on any atom is 0.166 e. The number of carbonyl (C=O) groups excluding carboxylic acids is 1. The van der Waals surface area contributed by atoms with E-state index in [1.54, 1.807) is 0 Å². The quantitative estimate of drug-likeness (QED) is 0.405. The van der Waals surface area contributed by atoms with E-state index in [-0.39, 0.29) is 10.8 Å². The van der Waals surface area contributed by atoms with Crippen LogP contribution in [0.4, 0.5) is 0 Å². The summed E-state index contributed by atoms with van der Waals surface area (Å²) in [4.78, 5) is 14.4. The highest BCUT2D eigenvalue weighted by molar-refractivity contribution is 5.91. The van der Waals surface area contributed by atoms with Crippen LogP contribution in [-0.2, 0) is 9.53 Å². The molecule has 2 heterocycles. The monoisotopic (exact) mass is 508 g/mol. The third-order valence-electron chi connectivity index (χ3n) is 12.5. The third kappa shape index (κ3) is 3.38. The summed E-state index contributed by atoms with van der Waals surface area (Å²) in [6.45, 7) is 7.38. The van der Waals surface area contributed by atoms with Gasteiger partial charge in [-0.2, -0.15) is 0 Å². The minimum absolute atomic E-state index is 0.0653. The Morgan fingerprint density at radius 3 is 2.26 bits per heavy atom. The summed E-state index contributed by atoms with van der Waals surface area (Å²) >= 11 is 0. The molecule has 2 aliphatic heterocycles. The summed E-state index contributed by atoms with van der Waals surface area (Å²) < 4.78 is 6.93. The van der Waals surface area contributed by atoms with Crippen molar-refractivity contribution in [3.63, 3.8) is 0 Å². The Hall–Kier alpha value is -2.19. The van der Waals surface area contributed by atoms with Gasteiger partial charge in [0.1, 0.15) is 5.60 Å². The van der Waals surface area contributed by atoms with Crippen molar-refractivity contribution in [1.29, 1.82) is 0 Å². The molecule has 2 nitrogen and oxygen atoms in total. The minimum Gasteiger partial charge on any atom is -0.363 e. The normalized spacial score (nSPS) is 41.8. The first-order valence-corrected chi connectivity index (χ1v) is 15.4. The van der Waals surface area contributed by atoms with Crippen LogP contribution in [0.25, 0.3) is 5.57 Å². The van der Waals surface area contributed by atoms with Crippen molar-refractivity contribution in [2.45, 2.75) is 90.3 Å². The number of hydrogen-bond acceptors (Lipinski definition) is 2. The van der Waals surface area contributed by atoms with Gasteiger partial charge in [-0.3, -0.25) is 4.79 Å². The van der Waals surface area contributed by atoms with E-state index < -0.39 is 5.60 Å². The molecule has 6 fully saturated rings. The molecule has 4 aliphatic carbocycles. The molecule has 2 aromatic rings. The van der Waals surface area contributed by atoms with Crippen molar-refractivity contribution in [2.24, 2.45) is 40.4 Å². The molecule has 4 saturated carbocycles. The van der Waals surface area contributed by atoms with Gasteiger partial charge >= 0.3 is 0 Å². The highest BCUT2D eigenvalue weighted by atomic mass is 16.5. The molecule has 4 bridgehead atoms. The van der Waals surface area contributed by atoms with Gasteiger partial charge in [0.15, 0.2) is 5.78 Å². The molecule has 0 radical (unpaired) electrons. The minimum atomic E-state index is -0.479. The fourth-order valence-corrected chi connectivity index (χ4v) is 10.7. The molecular formula is C36H44O2. The summed E-state index contributed by atoms with van der Waals surface area (Å²) in [6, 6.07) is 21.6. The van der Waals surface area contributed by atoms with E-state index in [1.807, 2.05) is 0 Å². The van der Waals surface area contributed by atoms with Crippen molar-refractivity contribution >= 4 is 11.4 Å². The van der Waals surface area contributed by atoms with E-state index in [9.17, 15) is 4.79 Å². The zero-order chi connectivity index (χ0) is 26.1. The van der Waals surface area contributed by atoms with Crippen LogP contribution in [-0.4, -0.2) is 17.5 Å². The highest BCUT2D eigenvalue weighted by Crippen LogP contribution is 2.72. The van der Waals surface area contributed by atoms with Crippen LogP contribution in [0.2, 0.25) is 0 Å². The van der Waals surface area contributed by atoms with Gasteiger partial charge in [-0.15, -0.1) is 0 Å². The molecule has 2 aromatic carbocycles. The lowest BCUT2D eigenvalue weighted by Crippen LogP contribution is -2.75. The van der Waals surface area contributed by atoms with Gasteiger partial charge in [0.25, 0.3) is 0 Å². The largest absolute Gasteiger partial charge is 0.363 e. The van der Waals surface area contributed by atoms with Gasteiger partial charge in [0, 0.05) is 11.8 Å². The van der Waals surface area contributed by atoms with Gasteiger partial charge in [-0.05, 0) is 103 Å². The SMILES string of the molecule is C[C@@H](CC=C(c1ccccc1)c1ccccc1)[C@H]1CC[C@@H]2C3CC[C@H]4C[C@H]5CC[C@]4(C)[C@@]3(O5)C(=O)C[C@@]21C. The second-order valence-corrected chi connectivity index (χ2v) is 14.0. The molecule has 0 aromatic heterocycles. The predicted molar refractivity (Wildman–Crippen MR) is 153 cm³/mol. The van der Waals surface area contributed by atoms with Crippen LogP contribution in [0.5, 0.6) is 0 Å². The Labute approximate surface area is 229 Å². The van der Waals surface area contributed by atoms with E-state index in [2.05, 4.69) is 87.5 Å². The Balaban J connectivity index is 1.17. The van der Waals surface area contributed by atoms with Gasteiger partial charge in [0.2, 0.25) is 0 Å². The number of carbonyl (C=O) groups is 1. The molecule has 8 rings (SSSR count). The van der Waals surface area contributed by atoms with E-state index in [0.717, 1.165) is 19.3 Å².